The zero-order valence-corrected chi connectivity index (χ0v) is 15.5. The maximum atomic E-state index is 12.6. The first-order valence-corrected chi connectivity index (χ1v) is 9.70. The van der Waals surface area contributed by atoms with Gasteiger partial charge in [0.1, 0.15) is 0 Å². The zero-order valence-electron chi connectivity index (χ0n) is 14.7. The third-order valence-corrected chi connectivity index (χ3v) is 5.67. The highest BCUT2D eigenvalue weighted by atomic mass is 32.1. The van der Waals surface area contributed by atoms with E-state index < -0.39 is 6.04 Å². The predicted octanol–water partition coefficient (Wildman–Crippen LogP) is 2.65. The number of urea groups is 1. The summed E-state index contributed by atoms with van der Waals surface area (Å²) in [4.78, 5) is 28.0. The van der Waals surface area contributed by atoms with Crippen LogP contribution in [-0.4, -0.2) is 43.1 Å². The minimum absolute atomic E-state index is 0.271. The number of nitrogens with one attached hydrogen (secondary N) is 2. The Morgan fingerprint density at radius 2 is 2.16 bits per heavy atom. The Hall–Kier alpha value is -1.86. The Bertz CT molecular complexity index is 649. The van der Waals surface area contributed by atoms with Crippen molar-refractivity contribution in [2.45, 2.75) is 32.7 Å². The molecule has 1 saturated heterocycles. The molecule has 3 rings (SSSR count). The van der Waals surface area contributed by atoms with E-state index in [9.17, 15) is 9.59 Å². The number of piperidine rings is 1. The first-order valence-electron chi connectivity index (χ1n) is 8.82. The van der Waals surface area contributed by atoms with Gasteiger partial charge in [-0.05, 0) is 50.2 Å². The topological polar surface area (TPSA) is 70.7 Å². The van der Waals surface area contributed by atoms with Gasteiger partial charge in [-0.2, -0.15) is 0 Å². The van der Waals surface area contributed by atoms with Crippen molar-refractivity contribution in [3.05, 3.63) is 33.7 Å². The molecule has 0 aliphatic carbocycles. The fraction of sp³-hybridized carbons (Fsp3) is 0.556. The first-order chi connectivity index (χ1) is 12.1. The standard InChI is InChI=1S/C18H25N3O3S/c1-3-24-17(22)15-13(11-21-8-6-12(2)7-9-21)19-18(23)20-16(15)14-5-4-10-25-14/h4-5,10,12,16H,3,6-9,11H2,1-2H3,(H2,19,20,23)/t16-/m0/s1. The maximum absolute atomic E-state index is 12.6. The third kappa shape index (κ3) is 4.22. The molecule has 1 fully saturated rings. The fourth-order valence-corrected chi connectivity index (χ4v) is 4.09. The van der Waals surface area contributed by atoms with E-state index in [1.807, 2.05) is 17.5 Å². The molecule has 6 nitrogen and oxygen atoms in total. The van der Waals surface area contributed by atoms with E-state index in [0.29, 0.717) is 24.4 Å². The third-order valence-electron chi connectivity index (χ3n) is 4.73. The number of thiophene rings is 1. The largest absolute Gasteiger partial charge is 0.463 e. The van der Waals surface area contributed by atoms with Crippen molar-refractivity contribution in [2.75, 3.05) is 26.2 Å². The SMILES string of the molecule is CCOC(=O)C1=C(CN2CCC(C)CC2)NC(=O)N[C@H]1c1cccs1. The van der Waals surface area contributed by atoms with Crippen LogP contribution < -0.4 is 10.6 Å². The second kappa shape index (κ2) is 8.01. The van der Waals surface area contributed by atoms with Crippen molar-refractivity contribution in [2.24, 2.45) is 5.92 Å². The molecule has 0 saturated carbocycles. The van der Waals surface area contributed by atoms with Crippen LogP contribution in [0.15, 0.2) is 28.8 Å². The van der Waals surface area contributed by atoms with Crippen LogP contribution in [0.2, 0.25) is 0 Å². The average Bonchev–Trinajstić information content (AvgIpc) is 3.11. The highest BCUT2D eigenvalue weighted by Gasteiger charge is 2.35. The lowest BCUT2D eigenvalue weighted by molar-refractivity contribution is -0.139. The number of hydrogen-bond donors (Lipinski definition) is 2. The van der Waals surface area contributed by atoms with Gasteiger partial charge in [0.15, 0.2) is 0 Å². The van der Waals surface area contributed by atoms with Crippen LogP contribution >= 0.6 is 11.3 Å². The lowest BCUT2D eigenvalue weighted by Crippen LogP contribution is -2.49. The van der Waals surface area contributed by atoms with Gasteiger partial charge in [-0.15, -0.1) is 11.3 Å². The number of nitrogens with zero attached hydrogens (tertiary/aromatic N) is 1. The molecule has 2 amide bonds. The quantitative estimate of drug-likeness (QED) is 0.789. The molecule has 0 spiro atoms. The first kappa shape index (κ1) is 17.9. The Balaban J connectivity index is 1.90. The molecule has 136 valence electrons. The van der Waals surface area contributed by atoms with E-state index in [1.54, 1.807) is 6.92 Å². The van der Waals surface area contributed by atoms with Crippen LogP contribution in [-0.2, 0) is 9.53 Å². The van der Waals surface area contributed by atoms with Gasteiger partial charge in [-0.25, -0.2) is 9.59 Å². The van der Waals surface area contributed by atoms with Crippen LogP contribution in [0.3, 0.4) is 0 Å². The summed E-state index contributed by atoms with van der Waals surface area (Å²) in [5.74, 6) is 0.366. The van der Waals surface area contributed by atoms with Gasteiger partial charge in [-0.3, -0.25) is 4.90 Å². The summed E-state index contributed by atoms with van der Waals surface area (Å²) in [6, 6.07) is 3.13. The van der Waals surface area contributed by atoms with Crippen molar-refractivity contribution in [1.29, 1.82) is 0 Å². The van der Waals surface area contributed by atoms with Gasteiger partial charge in [0.05, 0.1) is 18.2 Å². The number of rotatable bonds is 5. The van der Waals surface area contributed by atoms with Crippen LogP contribution in [0.5, 0.6) is 0 Å². The molecule has 0 aromatic carbocycles. The molecule has 1 aromatic heterocycles. The molecule has 2 N–H and O–H groups in total. The lowest BCUT2D eigenvalue weighted by Gasteiger charge is -2.34. The highest BCUT2D eigenvalue weighted by Crippen LogP contribution is 2.31. The zero-order chi connectivity index (χ0) is 17.8. The molecule has 0 bridgehead atoms. The molecule has 2 aliphatic heterocycles. The fourth-order valence-electron chi connectivity index (χ4n) is 3.31. The van der Waals surface area contributed by atoms with Gasteiger partial charge in [0.25, 0.3) is 0 Å². The molecular formula is C18H25N3O3S. The summed E-state index contributed by atoms with van der Waals surface area (Å²) in [5.41, 5.74) is 1.18. The molecule has 0 unspecified atom stereocenters. The minimum Gasteiger partial charge on any atom is -0.463 e. The summed E-state index contributed by atoms with van der Waals surface area (Å²) in [6.45, 7) is 6.89. The monoisotopic (exact) mass is 363 g/mol. The molecule has 1 aromatic rings. The molecule has 0 radical (unpaired) electrons. The van der Waals surface area contributed by atoms with E-state index in [4.69, 9.17) is 4.74 Å². The minimum atomic E-state index is -0.452. The van der Waals surface area contributed by atoms with Crippen molar-refractivity contribution < 1.29 is 14.3 Å². The smallest absolute Gasteiger partial charge is 0.338 e. The Morgan fingerprint density at radius 1 is 1.40 bits per heavy atom. The van der Waals surface area contributed by atoms with Crippen molar-refractivity contribution in [1.82, 2.24) is 15.5 Å². The van der Waals surface area contributed by atoms with Crippen molar-refractivity contribution >= 4 is 23.3 Å². The second-order valence-electron chi connectivity index (χ2n) is 6.62. The van der Waals surface area contributed by atoms with Crippen LogP contribution in [0.25, 0.3) is 0 Å². The molecule has 1 atom stereocenters. The number of carbonyl (C=O) groups is 2. The lowest BCUT2D eigenvalue weighted by atomic mass is 9.97. The van der Waals surface area contributed by atoms with Gasteiger partial charge in [-0.1, -0.05) is 13.0 Å². The molecule has 2 aliphatic rings. The van der Waals surface area contributed by atoms with E-state index in [-0.39, 0.29) is 12.0 Å². The van der Waals surface area contributed by atoms with E-state index in [0.717, 1.165) is 36.7 Å². The summed E-state index contributed by atoms with van der Waals surface area (Å²) < 4.78 is 5.28. The van der Waals surface area contributed by atoms with Gasteiger partial charge in [0.2, 0.25) is 0 Å². The molecule has 7 heteroatoms. The van der Waals surface area contributed by atoms with Crippen LogP contribution in [0, 0.1) is 5.92 Å². The summed E-state index contributed by atoms with van der Waals surface area (Å²) >= 11 is 1.52. The van der Waals surface area contributed by atoms with E-state index >= 15 is 0 Å². The summed E-state index contributed by atoms with van der Waals surface area (Å²) in [5, 5.41) is 7.66. The normalized spacial score (nSPS) is 22.5. The number of carbonyl (C=O) groups excluding carboxylic acids is 2. The van der Waals surface area contributed by atoms with E-state index in [2.05, 4.69) is 22.5 Å². The Morgan fingerprint density at radius 3 is 2.80 bits per heavy atom. The predicted molar refractivity (Wildman–Crippen MR) is 97.2 cm³/mol. The number of likely N-dealkylation sites (tertiary alicyclic amines) is 1. The molecule has 25 heavy (non-hydrogen) atoms. The summed E-state index contributed by atoms with van der Waals surface area (Å²) in [6.07, 6.45) is 2.28. The Kier molecular flexibility index (Phi) is 5.75. The number of hydrogen-bond acceptors (Lipinski definition) is 5. The molecular weight excluding hydrogens is 338 g/mol. The van der Waals surface area contributed by atoms with Gasteiger partial charge < -0.3 is 15.4 Å². The average molecular weight is 363 g/mol. The highest BCUT2D eigenvalue weighted by molar-refractivity contribution is 7.10. The number of ether oxygens (including phenoxy) is 1. The number of esters is 1. The maximum Gasteiger partial charge on any atom is 0.338 e. The second-order valence-corrected chi connectivity index (χ2v) is 7.60. The van der Waals surface area contributed by atoms with Crippen LogP contribution in [0.1, 0.15) is 37.6 Å². The number of amides is 2. The van der Waals surface area contributed by atoms with Crippen LogP contribution in [0.4, 0.5) is 4.79 Å². The Labute approximate surface area is 152 Å². The van der Waals surface area contributed by atoms with Crippen molar-refractivity contribution in [3.63, 3.8) is 0 Å². The van der Waals surface area contributed by atoms with E-state index in [1.165, 1.54) is 11.3 Å². The molecule has 3 heterocycles. The van der Waals surface area contributed by atoms with Crippen molar-refractivity contribution in [3.8, 4) is 0 Å². The van der Waals surface area contributed by atoms with Gasteiger partial charge >= 0.3 is 12.0 Å². The van der Waals surface area contributed by atoms with Gasteiger partial charge in [0, 0.05) is 17.1 Å². The summed E-state index contributed by atoms with van der Waals surface area (Å²) in [7, 11) is 0.